The summed E-state index contributed by atoms with van der Waals surface area (Å²) < 4.78 is 25.4. The zero-order valence-electron chi connectivity index (χ0n) is 14.5. The smallest absolute Gasteiger partial charge is 0.238 e. The molecule has 3 N–H and O–H groups in total. The summed E-state index contributed by atoms with van der Waals surface area (Å²) in [6.45, 7) is 0. The molecular weight excluding hydrogens is 362 g/mol. The van der Waals surface area contributed by atoms with Gasteiger partial charge >= 0.3 is 0 Å². The number of aliphatic hydroxyl groups is 1. The van der Waals surface area contributed by atoms with Gasteiger partial charge in [0.25, 0.3) is 0 Å². The number of benzene rings is 2. The van der Waals surface area contributed by atoms with Gasteiger partial charge in [-0.05, 0) is 41.7 Å². The number of nitrogens with zero attached hydrogens (tertiary/aromatic N) is 2. The van der Waals surface area contributed by atoms with Crippen molar-refractivity contribution in [2.45, 2.75) is 29.9 Å². The van der Waals surface area contributed by atoms with Crippen LogP contribution in [-0.2, 0) is 16.4 Å². The van der Waals surface area contributed by atoms with Gasteiger partial charge in [-0.3, -0.25) is 0 Å². The number of primary sulfonamides is 1. The molecule has 0 radical (unpaired) electrons. The molecule has 0 bridgehead atoms. The first-order chi connectivity index (χ1) is 12.9. The number of aromatic nitrogens is 2. The van der Waals surface area contributed by atoms with Crippen LogP contribution in [0.15, 0.2) is 59.9 Å². The van der Waals surface area contributed by atoms with Crippen molar-refractivity contribution in [1.29, 1.82) is 0 Å². The van der Waals surface area contributed by atoms with E-state index in [1.807, 2.05) is 24.7 Å². The molecule has 2 aliphatic rings. The van der Waals surface area contributed by atoms with Gasteiger partial charge in [-0.25, -0.2) is 18.5 Å². The Morgan fingerprint density at radius 1 is 1.15 bits per heavy atom. The molecule has 7 heteroatoms. The van der Waals surface area contributed by atoms with E-state index in [9.17, 15) is 13.5 Å². The molecular formula is C20H19N3O3S. The zero-order valence-corrected chi connectivity index (χ0v) is 15.3. The number of fused-ring (bicyclic) bond motifs is 4. The number of hydrogen-bond donors (Lipinski definition) is 2. The highest BCUT2D eigenvalue weighted by molar-refractivity contribution is 7.89. The van der Waals surface area contributed by atoms with Gasteiger partial charge in [0.15, 0.2) is 0 Å². The molecule has 0 amide bonds. The monoisotopic (exact) mass is 381 g/mol. The fourth-order valence-electron chi connectivity index (χ4n) is 4.62. The Kier molecular flexibility index (Phi) is 3.56. The fourth-order valence-corrected chi connectivity index (χ4v) is 5.18. The summed E-state index contributed by atoms with van der Waals surface area (Å²) in [5, 5.41) is 16.4. The van der Waals surface area contributed by atoms with Crippen molar-refractivity contribution in [3.8, 4) is 11.3 Å². The van der Waals surface area contributed by atoms with Crippen LogP contribution in [0.1, 0.15) is 35.3 Å². The molecule has 2 heterocycles. The van der Waals surface area contributed by atoms with Crippen molar-refractivity contribution >= 4 is 10.0 Å². The Bertz CT molecular complexity index is 1150. The van der Waals surface area contributed by atoms with Crippen molar-refractivity contribution < 1.29 is 13.5 Å². The predicted molar refractivity (Wildman–Crippen MR) is 100 cm³/mol. The summed E-state index contributed by atoms with van der Waals surface area (Å²) in [5.41, 5.74) is 5.05. The molecule has 0 unspecified atom stereocenters. The number of aliphatic hydroxyl groups excluding tert-OH is 1. The van der Waals surface area contributed by atoms with E-state index < -0.39 is 16.1 Å². The molecule has 138 valence electrons. The van der Waals surface area contributed by atoms with Crippen LogP contribution in [0.2, 0.25) is 0 Å². The molecule has 1 aliphatic heterocycles. The van der Waals surface area contributed by atoms with E-state index in [-0.39, 0.29) is 16.9 Å². The SMILES string of the molecule is NS(=O)(=O)c1ccc2c(c1)CC[C@@H]([C@@H]1c3ccccc3-c3cncn31)[C@@H]2O. The summed E-state index contributed by atoms with van der Waals surface area (Å²) in [7, 11) is -3.75. The maximum atomic E-state index is 11.6. The summed E-state index contributed by atoms with van der Waals surface area (Å²) in [6, 6.07) is 13.0. The standard InChI is InChI=1S/C20H19N3O3S/c21-27(25,26)13-6-8-14-12(9-13)5-7-17(20(14)24)19-16-4-2-1-3-15(16)18-10-22-11-23(18)19/h1-4,6,8-11,17,19-20,24H,5,7H2,(H2,21,25,26)/t17-,19-,20+/m0/s1. The minimum Gasteiger partial charge on any atom is -0.388 e. The predicted octanol–water partition coefficient (Wildman–Crippen LogP) is 2.40. The van der Waals surface area contributed by atoms with Crippen LogP contribution < -0.4 is 5.14 Å². The van der Waals surface area contributed by atoms with Crippen LogP contribution in [0, 0.1) is 5.92 Å². The van der Waals surface area contributed by atoms with Crippen LogP contribution in [0.5, 0.6) is 0 Å². The topological polar surface area (TPSA) is 98.2 Å². The minimum atomic E-state index is -3.75. The van der Waals surface area contributed by atoms with Crippen LogP contribution in [0.25, 0.3) is 11.3 Å². The molecule has 3 aromatic rings. The first kappa shape index (κ1) is 16.7. The van der Waals surface area contributed by atoms with Crippen molar-refractivity contribution in [3.63, 3.8) is 0 Å². The molecule has 0 spiro atoms. The van der Waals surface area contributed by atoms with Gasteiger partial charge in [0, 0.05) is 11.5 Å². The number of imidazole rings is 1. The molecule has 0 saturated carbocycles. The number of hydrogen-bond acceptors (Lipinski definition) is 4. The summed E-state index contributed by atoms with van der Waals surface area (Å²) in [4.78, 5) is 4.39. The van der Waals surface area contributed by atoms with Crippen molar-refractivity contribution in [2.75, 3.05) is 0 Å². The van der Waals surface area contributed by atoms with Crippen LogP contribution >= 0.6 is 0 Å². The molecule has 3 atom stereocenters. The second kappa shape index (κ2) is 5.76. The van der Waals surface area contributed by atoms with Crippen LogP contribution in [0.3, 0.4) is 0 Å². The molecule has 6 nitrogen and oxygen atoms in total. The number of rotatable bonds is 2. The van der Waals surface area contributed by atoms with E-state index in [1.54, 1.807) is 12.1 Å². The Morgan fingerprint density at radius 3 is 2.78 bits per heavy atom. The van der Waals surface area contributed by atoms with Gasteiger partial charge in [-0.2, -0.15) is 0 Å². The van der Waals surface area contributed by atoms with Gasteiger partial charge in [0.2, 0.25) is 10.0 Å². The largest absolute Gasteiger partial charge is 0.388 e. The maximum absolute atomic E-state index is 11.6. The van der Waals surface area contributed by atoms with Crippen molar-refractivity contribution in [1.82, 2.24) is 9.55 Å². The molecule has 0 fully saturated rings. The molecule has 0 saturated heterocycles. The van der Waals surface area contributed by atoms with E-state index in [4.69, 9.17) is 5.14 Å². The quantitative estimate of drug-likeness (QED) is 0.712. The number of nitrogens with two attached hydrogens (primary N) is 1. The lowest BCUT2D eigenvalue weighted by Gasteiger charge is -2.35. The van der Waals surface area contributed by atoms with Gasteiger partial charge in [-0.15, -0.1) is 0 Å². The number of sulfonamides is 1. The van der Waals surface area contributed by atoms with Gasteiger partial charge < -0.3 is 9.67 Å². The second-order valence-electron chi connectivity index (χ2n) is 7.27. The second-order valence-corrected chi connectivity index (χ2v) is 8.83. The Balaban J connectivity index is 1.57. The fraction of sp³-hybridized carbons (Fsp3) is 0.250. The van der Waals surface area contributed by atoms with Crippen molar-refractivity contribution in [3.05, 3.63) is 71.7 Å². The average molecular weight is 381 g/mol. The number of aryl methyl sites for hydroxylation is 1. The highest BCUT2D eigenvalue weighted by Crippen LogP contribution is 2.49. The third-order valence-electron chi connectivity index (χ3n) is 5.84. The lowest BCUT2D eigenvalue weighted by atomic mass is 9.76. The van der Waals surface area contributed by atoms with E-state index in [0.29, 0.717) is 6.42 Å². The molecule has 2 aromatic carbocycles. The van der Waals surface area contributed by atoms with Gasteiger partial charge in [0.05, 0.1) is 35.3 Å². The van der Waals surface area contributed by atoms with Gasteiger partial charge in [0.1, 0.15) is 0 Å². The molecule has 5 rings (SSSR count). The maximum Gasteiger partial charge on any atom is 0.238 e. The Morgan fingerprint density at radius 2 is 1.96 bits per heavy atom. The van der Waals surface area contributed by atoms with E-state index >= 15 is 0 Å². The first-order valence-corrected chi connectivity index (χ1v) is 10.4. The highest BCUT2D eigenvalue weighted by atomic mass is 32.2. The Labute approximate surface area is 157 Å². The van der Waals surface area contributed by atoms with Crippen LogP contribution in [0.4, 0.5) is 0 Å². The van der Waals surface area contributed by atoms with Crippen LogP contribution in [-0.4, -0.2) is 23.1 Å². The highest BCUT2D eigenvalue weighted by Gasteiger charge is 2.40. The lowest BCUT2D eigenvalue weighted by molar-refractivity contribution is 0.0719. The summed E-state index contributed by atoms with van der Waals surface area (Å²) in [6.07, 6.45) is 4.45. The van der Waals surface area contributed by atoms with E-state index in [1.165, 1.54) is 11.6 Å². The molecule has 27 heavy (non-hydrogen) atoms. The van der Waals surface area contributed by atoms with E-state index in [2.05, 4.69) is 21.7 Å². The minimum absolute atomic E-state index is 0.0137. The lowest BCUT2D eigenvalue weighted by Crippen LogP contribution is -2.29. The normalized spacial score (nSPS) is 23.6. The Hall–Kier alpha value is -2.48. The zero-order chi connectivity index (χ0) is 18.8. The third kappa shape index (κ3) is 2.46. The molecule has 1 aromatic heterocycles. The average Bonchev–Trinajstić information content (AvgIpc) is 3.22. The molecule has 1 aliphatic carbocycles. The third-order valence-corrected chi connectivity index (χ3v) is 6.75. The van der Waals surface area contributed by atoms with Crippen molar-refractivity contribution in [2.24, 2.45) is 11.1 Å². The van der Waals surface area contributed by atoms with Gasteiger partial charge in [-0.1, -0.05) is 30.3 Å². The first-order valence-electron chi connectivity index (χ1n) is 8.90. The summed E-state index contributed by atoms with van der Waals surface area (Å²) in [5.74, 6) is -0.0190. The van der Waals surface area contributed by atoms with E-state index in [0.717, 1.165) is 28.8 Å². The summed E-state index contributed by atoms with van der Waals surface area (Å²) >= 11 is 0.